The highest BCUT2D eigenvalue weighted by atomic mass is 16.5. The Balaban J connectivity index is 2.62. The Labute approximate surface area is 98.1 Å². The normalized spacial score (nSPS) is 18.9. The first-order valence-electron chi connectivity index (χ1n) is 7.70. The summed E-state index contributed by atoms with van der Waals surface area (Å²) >= 11 is 0. The molecule has 0 unspecified atom stereocenters. The lowest BCUT2D eigenvalue weighted by atomic mass is 9.99. The zero-order valence-corrected chi connectivity index (χ0v) is 8.61. The molecule has 0 N–H and O–H groups in total. The van der Waals surface area contributed by atoms with Gasteiger partial charge in [0.15, 0.2) is 0 Å². The van der Waals surface area contributed by atoms with Crippen molar-refractivity contribution in [2.24, 2.45) is 6.98 Å². The van der Waals surface area contributed by atoms with Gasteiger partial charge >= 0.3 is 0 Å². The minimum atomic E-state index is -2.56. The third kappa shape index (κ3) is 1.69. The first-order valence-corrected chi connectivity index (χ1v) is 4.70. The highest BCUT2D eigenvalue weighted by molar-refractivity contribution is 5.84. The van der Waals surface area contributed by atoms with Crippen molar-refractivity contribution in [1.82, 2.24) is 9.78 Å². The van der Waals surface area contributed by atoms with E-state index >= 15 is 0 Å². The maximum absolute atomic E-state index is 7.39. The van der Waals surface area contributed by atoms with Crippen LogP contribution in [-0.2, 0) is 6.98 Å². The molecule has 80 valence electrons. The highest BCUT2D eigenvalue weighted by Crippen LogP contribution is 2.29. The SMILES string of the molecule is [2H]C([2H])([2H])Oc1cc(C(C)C)c2cn(C([2H])([2H])[2H])nc2c1. The molecule has 0 fully saturated rings. The van der Waals surface area contributed by atoms with Gasteiger partial charge in [-0.25, -0.2) is 0 Å². The van der Waals surface area contributed by atoms with Crippen LogP contribution in [0.15, 0.2) is 18.3 Å². The summed E-state index contributed by atoms with van der Waals surface area (Å²) in [6.07, 6.45) is 1.46. The second-order valence-electron chi connectivity index (χ2n) is 3.78. The van der Waals surface area contributed by atoms with E-state index in [1.807, 2.05) is 13.8 Å². The van der Waals surface area contributed by atoms with Crippen molar-refractivity contribution in [3.8, 4) is 5.75 Å². The van der Waals surface area contributed by atoms with Crippen LogP contribution in [0.4, 0.5) is 0 Å². The molecule has 3 heteroatoms. The molecule has 0 spiro atoms. The Morgan fingerprint density at radius 3 is 3.00 bits per heavy atom. The first kappa shape index (κ1) is 5.01. The summed E-state index contributed by atoms with van der Waals surface area (Å²) in [6, 6.07) is 3.06. The van der Waals surface area contributed by atoms with Gasteiger partial charge in [-0.3, -0.25) is 4.68 Å². The zero-order valence-electron chi connectivity index (χ0n) is 14.6. The Hall–Kier alpha value is -1.51. The molecular weight excluding hydrogens is 188 g/mol. The third-order valence-corrected chi connectivity index (χ3v) is 2.37. The molecule has 0 aliphatic heterocycles. The van der Waals surface area contributed by atoms with E-state index in [-0.39, 0.29) is 11.7 Å². The Bertz CT molecular complexity index is 656. The molecule has 0 saturated carbocycles. The Kier molecular flexibility index (Phi) is 1.19. The molecule has 0 bridgehead atoms. The minimum absolute atomic E-state index is 0.0712. The van der Waals surface area contributed by atoms with Crippen molar-refractivity contribution in [3.05, 3.63) is 23.9 Å². The smallest absolute Gasteiger partial charge is 0.121 e. The van der Waals surface area contributed by atoms with E-state index in [0.29, 0.717) is 10.9 Å². The molecular formula is C12H16N2O. The van der Waals surface area contributed by atoms with E-state index in [4.69, 9.17) is 13.0 Å². The molecule has 1 heterocycles. The second-order valence-corrected chi connectivity index (χ2v) is 3.78. The monoisotopic (exact) mass is 210 g/mol. The maximum atomic E-state index is 7.39. The number of hydrogen-bond acceptors (Lipinski definition) is 2. The third-order valence-electron chi connectivity index (χ3n) is 2.37. The van der Waals surface area contributed by atoms with Gasteiger partial charge in [-0.2, -0.15) is 5.10 Å². The lowest BCUT2D eigenvalue weighted by Gasteiger charge is -2.08. The summed E-state index contributed by atoms with van der Waals surface area (Å²) in [7, 11) is -2.56. The molecule has 0 aliphatic carbocycles. The van der Waals surface area contributed by atoms with Gasteiger partial charge in [-0.1, -0.05) is 13.8 Å². The Morgan fingerprint density at radius 1 is 1.47 bits per heavy atom. The number of hydrogen-bond donors (Lipinski definition) is 0. The number of fused-ring (bicyclic) bond motifs is 1. The van der Waals surface area contributed by atoms with Crippen molar-refractivity contribution < 1.29 is 13.0 Å². The highest BCUT2D eigenvalue weighted by Gasteiger charge is 2.10. The fourth-order valence-electron chi connectivity index (χ4n) is 1.66. The van der Waals surface area contributed by atoms with E-state index in [9.17, 15) is 0 Å². The summed E-state index contributed by atoms with van der Waals surface area (Å²) in [4.78, 5) is 0. The number of benzene rings is 1. The largest absolute Gasteiger partial charge is 0.497 e. The average molecular weight is 210 g/mol. The van der Waals surface area contributed by atoms with Crippen LogP contribution in [0, 0.1) is 0 Å². The van der Waals surface area contributed by atoms with Gasteiger partial charge in [0.2, 0.25) is 0 Å². The van der Waals surface area contributed by atoms with Crippen LogP contribution in [0.5, 0.6) is 5.75 Å². The fraction of sp³-hybridized carbons (Fsp3) is 0.417. The number of methoxy groups -OCH3 is 1. The summed E-state index contributed by atoms with van der Waals surface area (Å²) < 4.78 is 49.5. The maximum Gasteiger partial charge on any atom is 0.121 e. The van der Waals surface area contributed by atoms with Gasteiger partial charge < -0.3 is 4.74 Å². The average Bonchev–Trinajstić information content (AvgIpc) is 2.68. The molecule has 2 aromatic rings. The Morgan fingerprint density at radius 2 is 2.33 bits per heavy atom. The van der Waals surface area contributed by atoms with E-state index in [1.165, 1.54) is 12.3 Å². The molecule has 0 amide bonds. The molecule has 2 rings (SSSR count). The van der Waals surface area contributed by atoms with Crippen LogP contribution in [-0.4, -0.2) is 16.8 Å². The summed E-state index contributed by atoms with van der Waals surface area (Å²) in [5, 5.41) is 4.69. The zero-order chi connectivity index (χ0) is 16.0. The van der Waals surface area contributed by atoms with Gasteiger partial charge in [-0.15, -0.1) is 0 Å². The summed E-state index contributed by atoms with van der Waals surface area (Å²) in [6.45, 7) is 1.49. The molecule has 0 atom stereocenters. The van der Waals surface area contributed by atoms with Crippen LogP contribution in [0.25, 0.3) is 10.9 Å². The summed E-state index contributed by atoms with van der Waals surface area (Å²) in [5.41, 5.74) is 1.19. The van der Waals surface area contributed by atoms with Crippen LogP contribution < -0.4 is 4.74 Å². The number of ether oxygens (including phenoxy) is 1. The lowest BCUT2D eigenvalue weighted by Crippen LogP contribution is -1.91. The molecule has 0 aliphatic rings. The van der Waals surface area contributed by atoms with Crippen molar-refractivity contribution in [2.75, 3.05) is 7.04 Å². The second kappa shape index (κ2) is 3.57. The predicted molar refractivity (Wildman–Crippen MR) is 61.4 cm³/mol. The minimum Gasteiger partial charge on any atom is -0.497 e. The van der Waals surface area contributed by atoms with Gasteiger partial charge in [-0.05, 0) is 17.5 Å². The lowest BCUT2D eigenvalue weighted by molar-refractivity contribution is 0.414. The van der Waals surface area contributed by atoms with E-state index in [1.54, 1.807) is 6.07 Å². The van der Waals surface area contributed by atoms with Crippen LogP contribution in [0.2, 0.25) is 0 Å². The predicted octanol–water partition coefficient (Wildman–Crippen LogP) is 2.71. The standard InChI is InChI=1S/C12H16N2O/c1-8(2)10-5-9(15-4)6-12-11(10)7-14(3)13-12/h5-8H,1-4H3/i3D3,4D3. The molecule has 0 saturated heterocycles. The molecule has 3 nitrogen and oxygen atoms in total. The van der Waals surface area contributed by atoms with Crippen molar-refractivity contribution >= 4 is 10.9 Å². The van der Waals surface area contributed by atoms with E-state index in [0.717, 1.165) is 10.2 Å². The van der Waals surface area contributed by atoms with E-state index in [2.05, 4.69) is 5.10 Å². The number of aryl methyl sites for hydroxylation is 1. The van der Waals surface area contributed by atoms with Gasteiger partial charge in [0.05, 0.1) is 16.7 Å². The van der Waals surface area contributed by atoms with E-state index < -0.39 is 14.0 Å². The number of nitrogens with zero attached hydrogens (tertiary/aromatic N) is 2. The van der Waals surface area contributed by atoms with Crippen LogP contribution in [0.1, 0.15) is 33.6 Å². The van der Waals surface area contributed by atoms with Gasteiger partial charge in [0, 0.05) is 28.7 Å². The van der Waals surface area contributed by atoms with Crippen LogP contribution in [0.3, 0.4) is 0 Å². The van der Waals surface area contributed by atoms with Gasteiger partial charge in [0.1, 0.15) is 5.75 Å². The molecule has 15 heavy (non-hydrogen) atoms. The fourth-order valence-corrected chi connectivity index (χ4v) is 1.66. The number of aromatic nitrogens is 2. The molecule has 1 aromatic carbocycles. The number of rotatable bonds is 2. The van der Waals surface area contributed by atoms with Crippen molar-refractivity contribution in [3.63, 3.8) is 0 Å². The van der Waals surface area contributed by atoms with Crippen molar-refractivity contribution in [1.29, 1.82) is 0 Å². The van der Waals surface area contributed by atoms with Crippen molar-refractivity contribution in [2.45, 2.75) is 19.8 Å². The molecule has 0 radical (unpaired) electrons. The quantitative estimate of drug-likeness (QED) is 0.762. The van der Waals surface area contributed by atoms with Gasteiger partial charge in [0.25, 0.3) is 0 Å². The molecule has 1 aromatic heterocycles. The topological polar surface area (TPSA) is 27.1 Å². The van der Waals surface area contributed by atoms with Crippen LogP contribution >= 0.6 is 0 Å². The summed E-state index contributed by atoms with van der Waals surface area (Å²) in [5.74, 6) is 0.226. The first-order chi connectivity index (χ1) is 9.47.